The summed E-state index contributed by atoms with van der Waals surface area (Å²) in [4.78, 5) is 26.4. The van der Waals surface area contributed by atoms with E-state index < -0.39 is 11.6 Å². The number of rotatable bonds is 9. The van der Waals surface area contributed by atoms with Gasteiger partial charge in [0.2, 0.25) is 0 Å². The van der Waals surface area contributed by atoms with Gasteiger partial charge >= 0.3 is 12.1 Å². The van der Waals surface area contributed by atoms with Gasteiger partial charge in [0.15, 0.2) is 0 Å². The maximum atomic E-state index is 12.4. The third kappa shape index (κ3) is 6.68. The summed E-state index contributed by atoms with van der Waals surface area (Å²) in [6.45, 7) is 8.75. The second kappa shape index (κ2) is 12.7. The Labute approximate surface area is 280 Å². The molecule has 11 heteroatoms. The molecule has 1 N–H and O–H groups in total. The summed E-state index contributed by atoms with van der Waals surface area (Å²) in [5, 5.41) is 23.5. The Bertz CT molecular complexity index is 1800. The molecule has 1 amide bonds. The summed E-state index contributed by atoms with van der Waals surface area (Å²) in [5.74, 6) is 0.408. The van der Waals surface area contributed by atoms with Gasteiger partial charge in [-0.1, -0.05) is 48.7 Å². The second-order valence-electron chi connectivity index (χ2n) is 14.6. The minimum Gasteiger partial charge on any atom is -0.490 e. The first-order valence-electron chi connectivity index (χ1n) is 17.1. The predicted molar refractivity (Wildman–Crippen MR) is 180 cm³/mol. The Morgan fingerprint density at radius 2 is 1.71 bits per heavy atom. The standard InChI is InChI=1S/C37H44N6O5/c1-23(24-10-6-5-7-11-24)47-29-15-9-13-26(17-29)25-12-8-14-27(16-25)43-34(32(19-38-43)35(44)45)31-18-30(31)33-22-42(40-39-33)28-20-41(21-28)36(46)48-37(2,3)4/h8-9,12-17,19,22-24,28,30-31H,5-7,10-11,18,20-21H2,1-4H3,(H,44,45)/t23?,30-,31-/m1/s1. The maximum Gasteiger partial charge on any atom is 0.410 e. The quantitative estimate of drug-likeness (QED) is 0.201. The molecule has 0 spiro atoms. The molecule has 2 aliphatic carbocycles. The lowest BCUT2D eigenvalue weighted by Crippen LogP contribution is -2.52. The first-order valence-corrected chi connectivity index (χ1v) is 17.1. The molecule has 1 saturated heterocycles. The third-order valence-corrected chi connectivity index (χ3v) is 9.87. The minimum atomic E-state index is -1.00. The molecule has 11 nitrogen and oxygen atoms in total. The summed E-state index contributed by atoms with van der Waals surface area (Å²) in [5.41, 5.74) is 3.95. The smallest absolute Gasteiger partial charge is 0.410 e. The fourth-order valence-corrected chi connectivity index (χ4v) is 7.13. The van der Waals surface area contributed by atoms with Gasteiger partial charge in [0.05, 0.1) is 35.4 Å². The Morgan fingerprint density at radius 1 is 0.979 bits per heavy atom. The number of carboxylic acids is 1. The van der Waals surface area contributed by atoms with E-state index in [1.807, 2.05) is 57.3 Å². The number of benzene rings is 2. The number of hydrogen-bond donors (Lipinski definition) is 1. The van der Waals surface area contributed by atoms with Crippen LogP contribution < -0.4 is 4.74 Å². The number of ether oxygens (including phenoxy) is 2. The van der Waals surface area contributed by atoms with Gasteiger partial charge in [-0.2, -0.15) is 5.10 Å². The first-order chi connectivity index (χ1) is 23.0. The molecule has 3 heterocycles. The number of nitrogens with zero attached hydrogens (tertiary/aromatic N) is 6. The van der Waals surface area contributed by atoms with Gasteiger partial charge in [-0.3, -0.25) is 0 Å². The SMILES string of the molecule is CC(Oc1cccc(-c2cccc(-n3ncc(C(=O)O)c3[C@@H]3C[C@H]3c3cn(C4CN(C(=O)OC(C)(C)C)C4)nn3)c2)c1)C1CCCCC1. The number of carbonyl (C=O) groups excluding carboxylic acids is 1. The van der Waals surface area contributed by atoms with Gasteiger partial charge in [0.25, 0.3) is 0 Å². The molecule has 2 aromatic heterocycles. The molecule has 1 aliphatic heterocycles. The van der Waals surface area contributed by atoms with Crippen LogP contribution in [0.15, 0.2) is 60.9 Å². The summed E-state index contributed by atoms with van der Waals surface area (Å²) in [7, 11) is 0. The van der Waals surface area contributed by atoms with Gasteiger partial charge in [-0.15, -0.1) is 5.10 Å². The van der Waals surface area contributed by atoms with E-state index in [0.29, 0.717) is 24.7 Å². The van der Waals surface area contributed by atoms with E-state index >= 15 is 0 Å². The molecule has 3 atom stereocenters. The van der Waals surface area contributed by atoms with Crippen LogP contribution in [0.4, 0.5) is 4.79 Å². The van der Waals surface area contributed by atoms with Crippen LogP contribution in [0.3, 0.4) is 0 Å². The predicted octanol–water partition coefficient (Wildman–Crippen LogP) is 7.24. The van der Waals surface area contributed by atoms with E-state index in [1.165, 1.54) is 38.3 Å². The fourth-order valence-electron chi connectivity index (χ4n) is 7.13. The normalized spacial score (nSPS) is 20.6. The van der Waals surface area contributed by atoms with Crippen LogP contribution in [-0.4, -0.2) is 71.6 Å². The van der Waals surface area contributed by atoms with Crippen LogP contribution in [0, 0.1) is 5.92 Å². The van der Waals surface area contributed by atoms with Crippen LogP contribution in [-0.2, 0) is 4.74 Å². The third-order valence-electron chi connectivity index (χ3n) is 9.87. The Kier molecular flexibility index (Phi) is 8.47. The van der Waals surface area contributed by atoms with Crippen molar-refractivity contribution in [1.29, 1.82) is 0 Å². The Morgan fingerprint density at radius 3 is 2.44 bits per heavy atom. The van der Waals surface area contributed by atoms with Crippen molar-refractivity contribution in [3.63, 3.8) is 0 Å². The topological polar surface area (TPSA) is 125 Å². The molecule has 48 heavy (non-hydrogen) atoms. The van der Waals surface area contributed by atoms with Crippen LogP contribution in [0.5, 0.6) is 5.75 Å². The van der Waals surface area contributed by atoms with Crippen molar-refractivity contribution in [3.05, 3.63) is 77.9 Å². The van der Waals surface area contributed by atoms with Crippen molar-refractivity contribution >= 4 is 12.1 Å². The Balaban J connectivity index is 1.07. The summed E-state index contributed by atoms with van der Waals surface area (Å²) in [6, 6.07) is 16.2. The number of carbonyl (C=O) groups is 2. The molecule has 3 aliphatic rings. The lowest BCUT2D eigenvalue weighted by molar-refractivity contribution is -0.000633. The lowest BCUT2D eigenvalue weighted by atomic mass is 9.86. The van der Waals surface area contributed by atoms with Crippen molar-refractivity contribution in [2.45, 2.75) is 95.8 Å². The number of likely N-dealkylation sites (tertiary alicyclic amines) is 1. The maximum absolute atomic E-state index is 12.4. The molecule has 1 unspecified atom stereocenters. The number of carboxylic acid groups (broad SMARTS) is 1. The van der Waals surface area contributed by atoms with Crippen molar-refractivity contribution in [3.8, 4) is 22.6 Å². The highest BCUT2D eigenvalue weighted by Gasteiger charge is 2.46. The molecule has 0 bridgehead atoms. The van der Waals surface area contributed by atoms with Crippen LogP contribution in [0.2, 0.25) is 0 Å². The summed E-state index contributed by atoms with van der Waals surface area (Å²) < 4.78 is 15.4. The van der Waals surface area contributed by atoms with Crippen LogP contribution >= 0.6 is 0 Å². The van der Waals surface area contributed by atoms with Gasteiger partial charge in [-0.25, -0.2) is 19.0 Å². The first kappa shape index (κ1) is 31.9. The molecule has 252 valence electrons. The van der Waals surface area contributed by atoms with E-state index in [-0.39, 0.29) is 35.6 Å². The zero-order chi connectivity index (χ0) is 33.6. The monoisotopic (exact) mass is 652 g/mol. The average molecular weight is 653 g/mol. The number of aromatic nitrogens is 5. The Hall–Kier alpha value is -4.67. The van der Waals surface area contributed by atoms with Crippen molar-refractivity contribution in [2.75, 3.05) is 13.1 Å². The highest BCUT2D eigenvalue weighted by molar-refractivity contribution is 5.89. The minimum absolute atomic E-state index is 0.0255. The van der Waals surface area contributed by atoms with Gasteiger partial charge in [0.1, 0.15) is 16.9 Å². The number of aromatic carboxylic acids is 1. The molecular weight excluding hydrogens is 608 g/mol. The molecule has 3 fully saturated rings. The van der Waals surface area contributed by atoms with E-state index in [1.54, 1.807) is 14.3 Å². The van der Waals surface area contributed by atoms with Gasteiger partial charge < -0.3 is 19.5 Å². The van der Waals surface area contributed by atoms with Gasteiger partial charge in [-0.05, 0) is 88.3 Å². The average Bonchev–Trinajstić information content (AvgIpc) is 3.44. The fraction of sp³-hybridized carbons (Fsp3) is 0.486. The highest BCUT2D eigenvalue weighted by atomic mass is 16.6. The molecule has 4 aromatic rings. The lowest BCUT2D eigenvalue weighted by Gasteiger charge is -2.39. The summed E-state index contributed by atoms with van der Waals surface area (Å²) in [6.07, 6.45) is 10.3. The van der Waals surface area contributed by atoms with E-state index in [2.05, 4.69) is 40.5 Å². The summed E-state index contributed by atoms with van der Waals surface area (Å²) >= 11 is 0. The molecular formula is C37H44N6O5. The highest BCUT2D eigenvalue weighted by Crippen LogP contribution is 2.55. The van der Waals surface area contributed by atoms with E-state index in [0.717, 1.165) is 34.7 Å². The van der Waals surface area contributed by atoms with Crippen LogP contribution in [0.25, 0.3) is 16.8 Å². The second-order valence-corrected chi connectivity index (χ2v) is 14.6. The molecule has 0 radical (unpaired) electrons. The van der Waals surface area contributed by atoms with Crippen molar-refractivity contribution < 1.29 is 24.2 Å². The largest absolute Gasteiger partial charge is 0.490 e. The number of amides is 1. The van der Waals surface area contributed by atoms with Crippen molar-refractivity contribution in [2.24, 2.45) is 5.92 Å². The molecule has 7 rings (SSSR count). The number of hydrogen-bond acceptors (Lipinski definition) is 7. The molecule has 2 aromatic carbocycles. The van der Waals surface area contributed by atoms with Crippen LogP contribution in [0.1, 0.15) is 106 Å². The van der Waals surface area contributed by atoms with E-state index in [4.69, 9.17) is 9.47 Å². The zero-order valence-corrected chi connectivity index (χ0v) is 28.1. The molecule has 2 saturated carbocycles. The van der Waals surface area contributed by atoms with Gasteiger partial charge in [0, 0.05) is 31.1 Å². The zero-order valence-electron chi connectivity index (χ0n) is 28.1. The van der Waals surface area contributed by atoms with E-state index in [9.17, 15) is 14.7 Å². The van der Waals surface area contributed by atoms with Crippen molar-refractivity contribution in [1.82, 2.24) is 29.7 Å².